The van der Waals surface area contributed by atoms with Gasteiger partial charge in [-0.15, -0.1) is 0 Å². The molecule has 0 fully saturated rings. The molecule has 0 saturated carbocycles. The molecule has 0 saturated heterocycles. The third-order valence-corrected chi connectivity index (χ3v) is 12.4. The predicted molar refractivity (Wildman–Crippen MR) is 233 cm³/mol. The molecule has 1 aliphatic rings. The van der Waals surface area contributed by atoms with Crippen molar-refractivity contribution < 1.29 is 0 Å². The lowest BCUT2D eigenvalue weighted by atomic mass is 9.79. The second-order valence-electron chi connectivity index (χ2n) is 15.7. The number of aromatic nitrogens is 2. The van der Waals surface area contributed by atoms with Gasteiger partial charge in [0.25, 0.3) is 0 Å². The Labute approximate surface area is 319 Å². The molecule has 0 spiro atoms. The molecule has 55 heavy (non-hydrogen) atoms. The molecule has 0 unspecified atom stereocenters. The number of rotatable bonds is 3. The largest absolute Gasteiger partial charge is 0.309 e. The van der Waals surface area contributed by atoms with Crippen LogP contribution in [-0.4, -0.2) is 9.13 Å². The monoisotopic (exact) mass is 700 g/mol. The van der Waals surface area contributed by atoms with Gasteiger partial charge in [0.15, 0.2) is 0 Å². The van der Waals surface area contributed by atoms with Gasteiger partial charge in [0.2, 0.25) is 0 Å². The standard InChI is InChI=1S/C53H36N2/c1-53(2)45-28-23-35(36-25-29-47-44(32-36)50-39-18-10-9-13-33(39)24-30-48(50)54(47)37-14-5-3-6-15-37)31-43(45)41-26-21-34-22-27-42-40-19-11-12-20-46(40)55(38-16-7-4-8-17-38)52(42)49(34)51(41)53/h3-32H,1-2H3. The summed E-state index contributed by atoms with van der Waals surface area (Å²) in [6, 6.07) is 67.4. The third kappa shape index (κ3) is 4.14. The van der Waals surface area contributed by atoms with Crippen LogP contribution in [0.4, 0.5) is 0 Å². The van der Waals surface area contributed by atoms with Gasteiger partial charge in [-0.05, 0) is 104 Å². The molecule has 9 aromatic carbocycles. The summed E-state index contributed by atoms with van der Waals surface area (Å²) >= 11 is 0. The van der Waals surface area contributed by atoms with Crippen molar-refractivity contribution in [2.24, 2.45) is 0 Å². The minimum atomic E-state index is -0.194. The Morgan fingerprint density at radius 3 is 1.82 bits per heavy atom. The Balaban J connectivity index is 1.11. The van der Waals surface area contributed by atoms with Gasteiger partial charge in [-0.2, -0.15) is 0 Å². The minimum Gasteiger partial charge on any atom is -0.309 e. The molecule has 11 aromatic rings. The van der Waals surface area contributed by atoms with E-state index in [0.29, 0.717) is 0 Å². The summed E-state index contributed by atoms with van der Waals surface area (Å²) < 4.78 is 4.91. The van der Waals surface area contributed by atoms with Crippen LogP contribution in [0.3, 0.4) is 0 Å². The minimum absolute atomic E-state index is 0.194. The first-order valence-electron chi connectivity index (χ1n) is 19.3. The van der Waals surface area contributed by atoms with Crippen LogP contribution in [0.1, 0.15) is 25.0 Å². The zero-order valence-corrected chi connectivity index (χ0v) is 30.7. The average Bonchev–Trinajstić information content (AvgIpc) is 3.84. The van der Waals surface area contributed by atoms with E-state index in [0.717, 1.165) is 0 Å². The lowest BCUT2D eigenvalue weighted by Gasteiger charge is -2.24. The van der Waals surface area contributed by atoms with E-state index in [-0.39, 0.29) is 5.41 Å². The van der Waals surface area contributed by atoms with Gasteiger partial charge in [0.05, 0.1) is 22.1 Å². The van der Waals surface area contributed by atoms with E-state index in [1.807, 2.05) is 0 Å². The molecular formula is C53H36N2. The Bertz CT molecular complexity index is 3380. The second-order valence-corrected chi connectivity index (χ2v) is 15.7. The van der Waals surface area contributed by atoms with E-state index in [9.17, 15) is 0 Å². The third-order valence-electron chi connectivity index (χ3n) is 12.4. The maximum atomic E-state index is 2.49. The zero-order chi connectivity index (χ0) is 36.4. The van der Waals surface area contributed by atoms with E-state index >= 15 is 0 Å². The maximum Gasteiger partial charge on any atom is 0.0622 e. The van der Waals surface area contributed by atoms with Crippen molar-refractivity contribution in [1.82, 2.24) is 9.13 Å². The molecule has 258 valence electrons. The molecule has 2 nitrogen and oxygen atoms in total. The smallest absolute Gasteiger partial charge is 0.0622 e. The van der Waals surface area contributed by atoms with E-state index in [4.69, 9.17) is 0 Å². The maximum absolute atomic E-state index is 2.49. The molecule has 0 N–H and O–H groups in total. The molecule has 12 rings (SSSR count). The summed E-state index contributed by atoms with van der Waals surface area (Å²) in [7, 11) is 0. The molecule has 2 heteroatoms. The number of nitrogens with zero attached hydrogens (tertiary/aromatic N) is 2. The molecule has 0 bridgehead atoms. The zero-order valence-electron chi connectivity index (χ0n) is 30.7. The fraction of sp³-hybridized carbons (Fsp3) is 0.0566. The number of hydrogen-bond acceptors (Lipinski definition) is 0. The van der Waals surface area contributed by atoms with Gasteiger partial charge in [0.1, 0.15) is 0 Å². The number of benzene rings is 9. The number of fused-ring (bicyclic) bond motifs is 14. The summed E-state index contributed by atoms with van der Waals surface area (Å²) in [6.45, 7) is 4.83. The predicted octanol–water partition coefficient (Wildman–Crippen LogP) is 14.2. The summed E-state index contributed by atoms with van der Waals surface area (Å²) in [4.78, 5) is 0. The van der Waals surface area contributed by atoms with Crippen molar-refractivity contribution in [2.75, 3.05) is 0 Å². The summed E-state index contributed by atoms with van der Waals surface area (Å²) in [5.41, 5.74) is 15.1. The molecular weight excluding hydrogens is 665 g/mol. The van der Waals surface area contributed by atoms with E-state index in [1.54, 1.807) is 0 Å². The molecule has 1 aliphatic carbocycles. The molecule has 0 amide bonds. The second kappa shape index (κ2) is 11.1. The van der Waals surface area contributed by atoms with E-state index < -0.39 is 0 Å². The van der Waals surface area contributed by atoms with Crippen LogP contribution >= 0.6 is 0 Å². The summed E-state index contributed by atoms with van der Waals surface area (Å²) in [6.07, 6.45) is 0. The first-order chi connectivity index (χ1) is 27.1. The summed E-state index contributed by atoms with van der Waals surface area (Å²) in [5.74, 6) is 0. The van der Waals surface area contributed by atoms with Crippen molar-refractivity contribution in [3.05, 3.63) is 193 Å². The highest BCUT2D eigenvalue weighted by molar-refractivity contribution is 6.23. The van der Waals surface area contributed by atoms with Crippen LogP contribution in [0.25, 0.3) is 98.8 Å². The topological polar surface area (TPSA) is 9.86 Å². The van der Waals surface area contributed by atoms with E-state index in [1.165, 1.54) is 110 Å². The SMILES string of the molecule is CC1(C)c2ccc(-c3ccc4c(c3)c3c5ccccc5ccc3n4-c3ccccc3)cc2-c2ccc3ccc4c5ccccc5n(-c5ccccc5)c4c3c21. The number of para-hydroxylation sites is 3. The van der Waals surface area contributed by atoms with Crippen LogP contribution in [0, 0.1) is 0 Å². The molecule has 2 aromatic heterocycles. The highest BCUT2D eigenvalue weighted by Gasteiger charge is 2.38. The Morgan fingerprint density at radius 1 is 0.382 bits per heavy atom. The molecule has 0 atom stereocenters. The van der Waals surface area contributed by atoms with Gasteiger partial charge in [-0.1, -0.05) is 141 Å². The lowest BCUT2D eigenvalue weighted by Crippen LogP contribution is -2.16. The highest BCUT2D eigenvalue weighted by atomic mass is 15.0. The van der Waals surface area contributed by atoms with Crippen molar-refractivity contribution >= 4 is 65.2 Å². The average molecular weight is 701 g/mol. The van der Waals surface area contributed by atoms with Gasteiger partial charge >= 0.3 is 0 Å². The van der Waals surface area contributed by atoms with Gasteiger partial charge in [-0.3, -0.25) is 0 Å². The fourth-order valence-corrected chi connectivity index (χ4v) is 10.0. The molecule has 2 heterocycles. The van der Waals surface area contributed by atoms with E-state index in [2.05, 4.69) is 205 Å². The van der Waals surface area contributed by atoms with Crippen LogP contribution in [0.2, 0.25) is 0 Å². The van der Waals surface area contributed by atoms with Gasteiger partial charge in [0, 0.05) is 43.7 Å². The van der Waals surface area contributed by atoms with Crippen molar-refractivity contribution in [1.29, 1.82) is 0 Å². The Kier molecular flexibility index (Phi) is 6.15. The normalized spacial score (nSPS) is 13.4. The van der Waals surface area contributed by atoms with Crippen LogP contribution in [0.15, 0.2) is 182 Å². The first-order valence-corrected chi connectivity index (χ1v) is 19.3. The van der Waals surface area contributed by atoms with Gasteiger partial charge in [-0.25, -0.2) is 0 Å². The van der Waals surface area contributed by atoms with Crippen molar-refractivity contribution in [3.8, 4) is 33.6 Å². The lowest BCUT2D eigenvalue weighted by molar-refractivity contribution is 0.666. The number of hydrogen-bond donors (Lipinski definition) is 0. The Morgan fingerprint density at radius 2 is 1.00 bits per heavy atom. The van der Waals surface area contributed by atoms with Crippen molar-refractivity contribution in [3.63, 3.8) is 0 Å². The molecule has 0 aliphatic heterocycles. The van der Waals surface area contributed by atoms with Gasteiger partial charge < -0.3 is 9.13 Å². The quantitative estimate of drug-likeness (QED) is 0.174. The molecule has 0 radical (unpaired) electrons. The Hall–Kier alpha value is -6.90. The van der Waals surface area contributed by atoms with Crippen LogP contribution in [0.5, 0.6) is 0 Å². The highest BCUT2D eigenvalue weighted by Crippen LogP contribution is 2.54. The summed E-state index contributed by atoms with van der Waals surface area (Å²) in [5, 5.41) is 10.3. The van der Waals surface area contributed by atoms with Crippen LogP contribution in [-0.2, 0) is 5.41 Å². The fourth-order valence-electron chi connectivity index (χ4n) is 10.0. The van der Waals surface area contributed by atoms with Crippen molar-refractivity contribution in [2.45, 2.75) is 19.3 Å². The van der Waals surface area contributed by atoms with Crippen LogP contribution < -0.4 is 0 Å². The first kappa shape index (κ1) is 30.6.